The molecule has 0 unspecified atom stereocenters. The van der Waals surface area contributed by atoms with Gasteiger partial charge in [0.2, 0.25) is 0 Å². The maximum atomic E-state index is 8.72. The standard InChI is InChI=1S/C10H13O/c1-2-9-5-3-4-6-10(9)7-8-11/h3-6,11H,1-2,7-8H2. The first-order valence-corrected chi connectivity index (χ1v) is 3.85. The largest absolute Gasteiger partial charge is 0.396 e. The van der Waals surface area contributed by atoms with Gasteiger partial charge in [-0.25, -0.2) is 0 Å². The molecule has 1 rings (SSSR count). The van der Waals surface area contributed by atoms with Crippen LogP contribution in [0, 0.1) is 6.92 Å². The summed E-state index contributed by atoms with van der Waals surface area (Å²) < 4.78 is 0. The van der Waals surface area contributed by atoms with Crippen molar-refractivity contribution in [3.8, 4) is 0 Å². The van der Waals surface area contributed by atoms with E-state index >= 15 is 0 Å². The minimum Gasteiger partial charge on any atom is -0.396 e. The molecule has 1 heteroatoms. The number of benzene rings is 1. The van der Waals surface area contributed by atoms with E-state index in [9.17, 15) is 0 Å². The van der Waals surface area contributed by atoms with Gasteiger partial charge in [0.15, 0.2) is 0 Å². The summed E-state index contributed by atoms with van der Waals surface area (Å²) >= 11 is 0. The summed E-state index contributed by atoms with van der Waals surface area (Å²) in [5.41, 5.74) is 2.45. The molecule has 0 heterocycles. The summed E-state index contributed by atoms with van der Waals surface area (Å²) in [4.78, 5) is 0. The zero-order chi connectivity index (χ0) is 8.10. The monoisotopic (exact) mass is 149 g/mol. The fourth-order valence-electron chi connectivity index (χ4n) is 1.17. The molecule has 0 saturated carbocycles. The lowest BCUT2D eigenvalue weighted by molar-refractivity contribution is 0.299. The minimum absolute atomic E-state index is 0.219. The van der Waals surface area contributed by atoms with Gasteiger partial charge in [-0.2, -0.15) is 0 Å². The number of aliphatic hydroxyl groups excluding tert-OH is 1. The van der Waals surface area contributed by atoms with Gasteiger partial charge < -0.3 is 5.11 Å². The Balaban J connectivity index is 2.83. The Morgan fingerprint density at radius 1 is 1.18 bits per heavy atom. The van der Waals surface area contributed by atoms with Crippen LogP contribution in [-0.4, -0.2) is 11.7 Å². The van der Waals surface area contributed by atoms with Crippen molar-refractivity contribution in [2.45, 2.75) is 12.8 Å². The van der Waals surface area contributed by atoms with Crippen molar-refractivity contribution < 1.29 is 5.11 Å². The van der Waals surface area contributed by atoms with Crippen molar-refractivity contribution in [3.05, 3.63) is 42.3 Å². The Hall–Kier alpha value is -0.820. The number of hydrogen-bond acceptors (Lipinski definition) is 1. The highest BCUT2D eigenvalue weighted by Gasteiger charge is 1.96. The lowest BCUT2D eigenvalue weighted by atomic mass is 10.0. The molecule has 0 aromatic heterocycles. The Labute approximate surface area is 67.7 Å². The summed E-state index contributed by atoms with van der Waals surface area (Å²) in [6.07, 6.45) is 1.54. The molecule has 0 saturated heterocycles. The average molecular weight is 149 g/mol. The van der Waals surface area contributed by atoms with Crippen LogP contribution in [0.4, 0.5) is 0 Å². The molecular formula is C10H13O. The number of hydrogen-bond donors (Lipinski definition) is 1. The summed E-state index contributed by atoms with van der Waals surface area (Å²) in [6, 6.07) is 8.08. The molecule has 0 amide bonds. The van der Waals surface area contributed by atoms with Crippen molar-refractivity contribution in [2.75, 3.05) is 6.61 Å². The third-order valence-electron chi connectivity index (χ3n) is 1.77. The topological polar surface area (TPSA) is 20.2 Å². The van der Waals surface area contributed by atoms with Gasteiger partial charge in [-0.15, -0.1) is 0 Å². The van der Waals surface area contributed by atoms with Crippen LogP contribution in [0.3, 0.4) is 0 Å². The van der Waals surface area contributed by atoms with Crippen LogP contribution in [0.2, 0.25) is 0 Å². The second-order valence-corrected chi connectivity index (χ2v) is 2.49. The van der Waals surface area contributed by atoms with Gasteiger partial charge in [-0.05, 0) is 30.9 Å². The molecule has 1 aromatic carbocycles. The molecule has 0 spiro atoms. The molecular weight excluding hydrogens is 136 g/mol. The highest BCUT2D eigenvalue weighted by molar-refractivity contribution is 5.27. The Morgan fingerprint density at radius 2 is 1.82 bits per heavy atom. The van der Waals surface area contributed by atoms with E-state index in [1.54, 1.807) is 0 Å². The Kier molecular flexibility index (Phi) is 3.12. The fourth-order valence-corrected chi connectivity index (χ4v) is 1.17. The third kappa shape index (κ3) is 2.05. The van der Waals surface area contributed by atoms with Gasteiger partial charge >= 0.3 is 0 Å². The van der Waals surface area contributed by atoms with Gasteiger partial charge in [0.1, 0.15) is 0 Å². The zero-order valence-electron chi connectivity index (χ0n) is 6.59. The van der Waals surface area contributed by atoms with Crippen molar-refractivity contribution in [1.29, 1.82) is 0 Å². The van der Waals surface area contributed by atoms with E-state index in [-0.39, 0.29) is 6.61 Å². The van der Waals surface area contributed by atoms with Crippen LogP contribution in [-0.2, 0) is 12.8 Å². The van der Waals surface area contributed by atoms with Gasteiger partial charge in [-0.3, -0.25) is 0 Å². The SMILES string of the molecule is [CH2]Cc1ccccc1CCO. The average Bonchev–Trinajstić information content (AvgIpc) is 2.06. The van der Waals surface area contributed by atoms with Crippen molar-refractivity contribution in [2.24, 2.45) is 0 Å². The Bertz CT molecular complexity index is 218. The summed E-state index contributed by atoms with van der Waals surface area (Å²) in [7, 11) is 0. The summed E-state index contributed by atoms with van der Waals surface area (Å²) in [5, 5.41) is 8.72. The summed E-state index contributed by atoms with van der Waals surface area (Å²) in [6.45, 7) is 4.04. The maximum absolute atomic E-state index is 8.72. The fraction of sp³-hybridized carbons (Fsp3) is 0.300. The molecule has 0 fully saturated rings. The van der Waals surface area contributed by atoms with Gasteiger partial charge in [-0.1, -0.05) is 24.3 Å². The van der Waals surface area contributed by atoms with Gasteiger partial charge in [0.25, 0.3) is 0 Å². The smallest absolute Gasteiger partial charge is 0.0471 e. The normalized spacial score (nSPS) is 10.0. The van der Waals surface area contributed by atoms with E-state index in [2.05, 4.69) is 13.0 Å². The van der Waals surface area contributed by atoms with Crippen molar-refractivity contribution >= 4 is 0 Å². The molecule has 0 atom stereocenters. The second kappa shape index (κ2) is 4.14. The lowest BCUT2D eigenvalue weighted by Gasteiger charge is -2.04. The minimum atomic E-state index is 0.219. The van der Waals surface area contributed by atoms with Crippen LogP contribution in [0.25, 0.3) is 0 Å². The first kappa shape index (κ1) is 8.28. The van der Waals surface area contributed by atoms with E-state index < -0.39 is 0 Å². The first-order chi connectivity index (χ1) is 5.38. The highest BCUT2D eigenvalue weighted by atomic mass is 16.2. The number of aliphatic hydroxyl groups is 1. The third-order valence-corrected chi connectivity index (χ3v) is 1.77. The van der Waals surface area contributed by atoms with Crippen molar-refractivity contribution in [1.82, 2.24) is 0 Å². The maximum Gasteiger partial charge on any atom is 0.0471 e. The molecule has 1 N–H and O–H groups in total. The van der Waals surface area contributed by atoms with Crippen LogP contribution < -0.4 is 0 Å². The molecule has 1 aromatic rings. The van der Waals surface area contributed by atoms with E-state index in [0.717, 1.165) is 12.8 Å². The molecule has 0 aliphatic heterocycles. The van der Waals surface area contributed by atoms with E-state index in [0.29, 0.717) is 0 Å². The lowest BCUT2D eigenvalue weighted by Crippen LogP contribution is -1.95. The van der Waals surface area contributed by atoms with Crippen LogP contribution >= 0.6 is 0 Å². The molecule has 1 nitrogen and oxygen atoms in total. The van der Waals surface area contributed by atoms with E-state index in [1.807, 2.05) is 18.2 Å². The predicted molar refractivity (Wildman–Crippen MR) is 46.3 cm³/mol. The second-order valence-electron chi connectivity index (χ2n) is 2.49. The molecule has 11 heavy (non-hydrogen) atoms. The quantitative estimate of drug-likeness (QED) is 0.692. The summed E-state index contributed by atoms with van der Waals surface area (Å²) in [5.74, 6) is 0. The van der Waals surface area contributed by atoms with E-state index in [4.69, 9.17) is 5.11 Å². The zero-order valence-corrected chi connectivity index (χ0v) is 6.59. The van der Waals surface area contributed by atoms with Crippen LogP contribution in [0.15, 0.2) is 24.3 Å². The molecule has 1 radical (unpaired) electrons. The molecule has 0 bridgehead atoms. The van der Waals surface area contributed by atoms with Gasteiger partial charge in [0.05, 0.1) is 0 Å². The number of rotatable bonds is 3. The first-order valence-electron chi connectivity index (χ1n) is 3.85. The molecule has 0 aliphatic carbocycles. The van der Waals surface area contributed by atoms with Crippen LogP contribution in [0.1, 0.15) is 11.1 Å². The van der Waals surface area contributed by atoms with Gasteiger partial charge in [0, 0.05) is 6.61 Å². The highest BCUT2D eigenvalue weighted by Crippen LogP contribution is 2.09. The Morgan fingerprint density at radius 3 is 2.36 bits per heavy atom. The predicted octanol–water partition coefficient (Wildman–Crippen LogP) is 1.60. The van der Waals surface area contributed by atoms with Crippen molar-refractivity contribution in [3.63, 3.8) is 0 Å². The van der Waals surface area contributed by atoms with Crippen LogP contribution in [0.5, 0.6) is 0 Å². The molecule has 0 aliphatic rings. The van der Waals surface area contributed by atoms with E-state index in [1.165, 1.54) is 11.1 Å². The molecule has 59 valence electrons.